The number of nitrogens with zero attached hydrogens (tertiary/aromatic N) is 2. The maximum Gasteiger partial charge on any atom is 0.222 e. The number of rotatable bonds is 4. The SMILES string of the molecule is CCc1c(N)nc(N)nc1C/C(C)=C(\C)NC. The Labute approximate surface area is 102 Å². The van der Waals surface area contributed by atoms with Gasteiger partial charge in [-0.3, -0.25) is 0 Å². The van der Waals surface area contributed by atoms with Gasteiger partial charge in [-0.25, -0.2) is 4.98 Å². The fourth-order valence-electron chi connectivity index (χ4n) is 1.70. The largest absolute Gasteiger partial charge is 0.392 e. The first kappa shape index (κ1) is 13.3. The molecule has 0 aliphatic carbocycles. The van der Waals surface area contributed by atoms with Crippen molar-refractivity contribution in [3.05, 3.63) is 22.5 Å². The smallest absolute Gasteiger partial charge is 0.222 e. The molecule has 5 N–H and O–H groups in total. The Balaban J connectivity index is 3.14. The van der Waals surface area contributed by atoms with Gasteiger partial charge >= 0.3 is 0 Å². The van der Waals surface area contributed by atoms with Gasteiger partial charge in [0.05, 0.1) is 5.69 Å². The molecule has 1 aromatic rings. The van der Waals surface area contributed by atoms with Crippen LogP contribution in [0.1, 0.15) is 32.0 Å². The lowest BCUT2D eigenvalue weighted by atomic mass is 10.0. The molecule has 0 spiro atoms. The molecule has 0 aliphatic rings. The molecule has 0 amide bonds. The van der Waals surface area contributed by atoms with Crippen molar-refractivity contribution < 1.29 is 0 Å². The summed E-state index contributed by atoms with van der Waals surface area (Å²) >= 11 is 0. The average molecular weight is 235 g/mol. The fourth-order valence-corrected chi connectivity index (χ4v) is 1.70. The highest BCUT2D eigenvalue weighted by atomic mass is 15.0. The minimum atomic E-state index is 0.240. The van der Waals surface area contributed by atoms with E-state index in [0.29, 0.717) is 5.82 Å². The van der Waals surface area contributed by atoms with Crippen LogP contribution in [0.25, 0.3) is 0 Å². The molecule has 0 aliphatic heterocycles. The topological polar surface area (TPSA) is 89.8 Å². The van der Waals surface area contributed by atoms with Crippen molar-refractivity contribution in [1.29, 1.82) is 0 Å². The van der Waals surface area contributed by atoms with Gasteiger partial charge in [0.15, 0.2) is 0 Å². The van der Waals surface area contributed by atoms with Crippen LogP contribution in [-0.4, -0.2) is 17.0 Å². The highest BCUT2D eigenvalue weighted by molar-refractivity contribution is 5.47. The van der Waals surface area contributed by atoms with Crippen LogP contribution in [0.15, 0.2) is 11.3 Å². The van der Waals surface area contributed by atoms with Gasteiger partial charge in [0.2, 0.25) is 5.95 Å². The van der Waals surface area contributed by atoms with Gasteiger partial charge in [0.25, 0.3) is 0 Å². The van der Waals surface area contributed by atoms with E-state index in [-0.39, 0.29) is 5.95 Å². The molecule has 5 heteroatoms. The van der Waals surface area contributed by atoms with Crippen LogP contribution in [0.2, 0.25) is 0 Å². The zero-order valence-electron chi connectivity index (χ0n) is 11.0. The van der Waals surface area contributed by atoms with E-state index in [0.717, 1.165) is 29.8 Å². The molecule has 0 atom stereocenters. The Kier molecular flexibility index (Phi) is 4.31. The maximum absolute atomic E-state index is 5.85. The summed E-state index contributed by atoms with van der Waals surface area (Å²) in [6.07, 6.45) is 1.56. The van der Waals surface area contributed by atoms with Crippen molar-refractivity contribution >= 4 is 11.8 Å². The minimum absolute atomic E-state index is 0.240. The van der Waals surface area contributed by atoms with E-state index in [1.54, 1.807) is 0 Å². The van der Waals surface area contributed by atoms with Crippen LogP contribution in [0.4, 0.5) is 11.8 Å². The van der Waals surface area contributed by atoms with Gasteiger partial charge in [-0.15, -0.1) is 0 Å². The average Bonchev–Trinajstić information content (AvgIpc) is 2.27. The number of allylic oxidation sites excluding steroid dienone is 2. The summed E-state index contributed by atoms with van der Waals surface area (Å²) in [5.74, 6) is 0.731. The van der Waals surface area contributed by atoms with E-state index in [9.17, 15) is 0 Å². The van der Waals surface area contributed by atoms with Crippen LogP contribution in [-0.2, 0) is 12.8 Å². The van der Waals surface area contributed by atoms with Crippen molar-refractivity contribution in [3.63, 3.8) is 0 Å². The Morgan fingerprint density at radius 3 is 2.41 bits per heavy atom. The molecule has 0 aromatic carbocycles. The van der Waals surface area contributed by atoms with Crippen molar-refractivity contribution in [2.75, 3.05) is 18.5 Å². The third-order valence-corrected chi connectivity index (χ3v) is 2.94. The van der Waals surface area contributed by atoms with Crippen LogP contribution >= 0.6 is 0 Å². The molecule has 0 fully saturated rings. The minimum Gasteiger partial charge on any atom is -0.392 e. The standard InChI is InChI=1S/C12H21N5/c1-5-9-10(6-7(2)8(3)15-4)16-12(14)17-11(9)13/h15H,5-6H2,1-4H3,(H4,13,14,16,17)/b8-7+. The third-order valence-electron chi connectivity index (χ3n) is 2.94. The first-order valence-electron chi connectivity index (χ1n) is 5.74. The molecular formula is C12H21N5. The third kappa shape index (κ3) is 3.09. The molecule has 1 heterocycles. The quantitative estimate of drug-likeness (QED) is 0.731. The highest BCUT2D eigenvalue weighted by Crippen LogP contribution is 2.19. The van der Waals surface area contributed by atoms with Gasteiger partial charge < -0.3 is 16.8 Å². The molecule has 5 nitrogen and oxygen atoms in total. The molecule has 0 bridgehead atoms. The summed E-state index contributed by atoms with van der Waals surface area (Å²) in [5.41, 5.74) is 15.8. The Morgan fingerprint density at radius 1 is 1.24 bits per heavy atom. The number of nitrogen functional groups attached to an aromatic ring is 2. The lowest BCUT2D eigenvalue weighted by Gasteiger charge is -2.12. The summed E-state index contributed by atoms with van der Waals surface area (Å²) in [4.78, 5) is 8.28. The van der Waals surface area contributed by atoms with E-state index in [2.05, 4.69) is 22.2 Å². The number of nitrogens with one attached hydrogen (secondary N) is 1. The summed E-state index contributed by atoms with van der Waals surface area (Å²) < 4.78 is 0. The normalized spacial score (nSPS) is 12.2. The van der Waals surface area contributed by atoms with E-state index in [1.165, 1.54) is 5.57 Å². The Morgan fingerprint density at radius 2 is 1.88 bits per heavy atom. The van der Waals surface area contributed by atoms with Crippen LogP contribution < -0.4 is 16.8 Å². The highest BCUT2D eigenvalue weighted by Gasteiger charge is 2.10. The van der Waals surface area contributed by atoms with Gasteiger partial charge in [-0.1, -0.05) is 6.92 Å². The molecule has 1 aromatic heterocycles. The van der Waals surface area contributed by atoms with E-state index in [4.69, 9.17) is 11.5 Å². The zero-order chi connectivity index (χ0) is 13.0. The Hall–Kier alpha value is -1.78. The monoisotopic (exact) mass is 235 g/mol. The number of hydrogen-bond donors (Lipinski definition) is 3. The van der Waals surface area contributed by atoms with E-state index >= 15 is 0 Å². The first-order valence-corrected chi connectivity index (χ1v) is 5.74. The number of nitrogens with two attached hydrogens (primary N) is 2. The summed E-state index contributed by atoms with van der Waals surface area (Å²) in [6.45, 7) is 6.15. The molecule has 17 heavy (non-hydrogen) atoms. The second-order valence-corrected chi connectivity index (χ2v) is 4.08. The molecule has 0 unspecified atom stereocenters. The fraction of sp³-hybridized carbons (Fsp3) is 0.500. The summed E-state index contributed by atoms with van der Waals surface area (Å²) in [7, 11) is 1.91. The Bertz CT molecular complexity index is 437. The lowest BCUT2D eigenvalue weighted by Crippen LogP contribution is -2.11. The predicted octanol–water partition coefficient (Wildman–Crippen LogP) is 1.26. The molecule has 0 radical (unpaired) electrons. The first-order chi connectivity index (χ1) is 7.99. The molecule has 0 saturated carbocycles. The zero-order valence-corrected chi connectivity index (χ0v) is 11.0. The summed E-state index contributed by atoms with van der Waals surface area (Å²) in [5, 5.41) is 3.13. The van der Waals surface area contributed by atoms with Gasteiger partial charge in [-0.2, -0.15) is 4.98 Å². The van der Waals surface area contributed by atoms with Crippen molar-refractivity contribution in [2.24, 2.45) is 0 Å². The molecule has 0 saturated heterocycles. The number of hydrogen-bond acceptors (Lipinski definition) is 5. The van der Waals surface area contributed by atoms with Crippen LogP contribution in [0, 0.1) is 0 Å². The molecule has 94 valence electrons. The van der Waals surface area contributed by atoms with Gasteiger partial charge in [0.1, 0.15) is 5.82 Å². The van der Waals surface area contributed by atoms with E-state index < -0.39 is 0 Å². The molecule has 1 rings (SSSR count). The number of aromatic nitrogens is 2. The summed E-state index contributed by atoms with van der Waals surface area (Å²) in [6, 6.07) is 0. The van der Waals surface area contributed by atoms with Crippen molar-refractivity contribution in [1.82, 2.24) is 15.3 Å². The lowest BCUT2D eigenvalue weighted by molar-refractivity contribution is 0.897. The molecular weight excluding hydrogens is 214 g/mol. The number of anilines is 2. The predicted molar refractivity (Wildman–Crippen MR) is 71.4 cm³/mol. The van der Waals surface area contributed by atoms with Crippen molar-refractivity contribution in [3.8, 4) is 0 Å². The van der Waals surface area contributed by atoms with Crippen molar-refractivity contribution in [2.45, 2.75) is 33.6 Å². The second-order valence-electron chi connectivity index (χ2n) is 4.08. The van der Waals surface area contributed by atoms with E-state index in [1.807, 2.05) is 20.9 Å². The van der Waals surface area contributed by atoms with Crippen LogP contribution in [0.3, 0.4) is 0 Å². The van der Waals surface area contributed by atoms with Gasteiger partial charge in [0, 0.05) is 24.7 Å². The van der Waals surface area contributed by atoms with Gasteiger partial charge in [-0.05, 0) is 25.8 Å². The van der Waals surface area contributed by atoms with Crippen LogP contribution in [0.5, 0.6) is 0 Å². The maximum atomic E-state index is 5.85. The second kappa shape index (κ2) is 5.52.